The van der Waals surface area contributed by atoms with Crippen molar-refractivity contribution < 1.29 is 34.7 Å². The van der Waals surface area contributed by atoms with E-state index in [1.807, 2.05) is 0 Å². The maximum atomic E-state index is 12.2. The van der Waals surface area contributed by atoms with Crippen molar-refractivity contribution in [2.75, 3.05) is 14.1 Å². The Morgan fingerprint density at radius 3 is 2.48 bits per heavy atom. The smallest absolute Gasteiger partial charge is 0.406 e. The Hall–Kier alpha value is -2.23. The highest BCUT2D eigenvalue weighted by atomic mass is 32.2. The molecule has 0 bridgehead atoms. The van der Waals surface area contributed by atoms with Gasteiger partial charge in [-0.2, -0.15) is 12.7 Å². The first-order valence-corrected chi connectivity index (χ1v) is 9.88. The summed E-state index contributed by atoms with van der Waals surface area (Å²) in [5.41, 5.74) is 0.167. The second-order valence-electron chi connectivity index (χ2n) is 5.21. The standard InChI is InChI=1S/C12H14F3N5O5S2/c1-19(2)27(23,24)20-8-16-11(18-20)26(21,22)17-7-9-4-3-5-10(6-9)25-12(13,14)15/h3-6,8,17H,7H2,1-2H3. The average molecular weight is 429 g/mol. The van der Waals surface area contributed by atoms with E-state index in [1.165, 1.54) is 26.2 Å². The highest BCUT2D eigenvalue weighted by molar-refractivity contribution is 7.89. The Morgan fingerprint density at radius 2 is 1.89 bits per heavy atom. The zero-order valence-electron chi connectivity index (χ0n) is 13.9. The number of hydrogen-bond acceptors (Lipinski definition) is 7. The van der Waals surface area contributed by atoms with Crippen LogP contribution in [0.3, 0.4) is 0 Å². The second kappa shape index (κ2) is 7.41. The molecule has 10 nitrogen and oxygen atoms in total. The van der Waals surface area contributed by atoms with E-state index in [1.54, 1.807) is 0 Å². The number of nitrogens with one attached hydrogen (secondary N) is 1. The fourth-order valence-corrected chi connectivity index (χ4v) is 3.33. The van der Waals surface area contributed by atoms with Crippen molar-refractivity contribution in [3.63, 3.8) is 0 Å². The third kappa shape index (κ3) is 5.38. The third-order valence-electron chi connectivity index (χ3n) is 2.99. The van der Waals surface area contributed by atoms with Crippen LogP contribution >= 0.6 is 0 Å². The van der Waals surface area contributed by atoms with Gasteiger partial charge in [-0.1, -0.05) is 12.1 Å². The van der Waals surface area contributed by atoms with Gasteiger partial charge in [0.1, 0.15) is 12.1 Å². The second-order valence-corrected chi connectivity index (χ2v) is 8.87. The van der Waals surface area contributed by atoms with Gasteiger partial charge >= 0.3 is 16.6 Å². The number of sulfonamides is 1. The topological polar surface area (TPSA) is 123 Å². The predicted molar refractivity (Wildman–Crippen MR) is 85.2 cm³/mol. The zero-order chi connectivity index (χ0) is 20.5. The van der Waals surface area contributed by atoms with E-state index in [9.17, 15) is 30.0 Å². The molecule has 1 heterocycles. The molecular formula is C12H14F3N5O5S2. The van der Waals surface area contributed by atoms with Gasteiger partial charge in [0.15, 0.2) is 0 Å². The van der Waals surface area contributed by atoms with Crippen LogP contribution in [-0.4, -0.2) is 55.8 Å². The van der Waals surface area contributed by atoms with E-state index in [0.717, 1.165) is 16.4 Å². The van der Waals surface area contributed by atoms with Gasteiger partial charge in [0.2, 0.25) is 0 Å². The Bertz CT molecular complexity index is 1020. The van der Waals surface area contributed by atoms with Crippen LogP contribution in [0.1, 0.15) is 5.56 Å². The minimum Gasteiger partial charge on any atom is -0.406 e. The van der Waals surface area contributed by atoms with Gasteiger partial charge < -0.3 is 4.74 Å². The van der Waals surface area contributed by atoms with Crippen LogP contribution in [-0.2, 0) is 26.8 Å². The quantitative estimate of drug-likeness (QED) is 0.672. The van der Waals surface area contributed by atoms with Crippen LogP contribution in [0.5, 0.6) is 5.75 Å². The number of nitrogens with zero attached hydrogens (tertiary/aromatic N) is 4. The molecule has 0 aliphatic carbocycles. The van der Waals surface area contributed by atoms with Crippen LogP contribution in [0, 0.1) is 0 Å². The van der Waals surface area contributed by atoms with Crippen molar-refractivity contribution >= 4 is 20.2 Å². The summed E-state index contributed by atoms with van der Waals surface area (Å²) in [5, 5.41) is 2.60. The first-order chi connectivity index (χ1) is 12.3. The SMILES string of the molecule is CN(C)S(=O)(=O)n1cnc(S(=O)(=O)NCc2cccc(OC(F)(F)F)c2)n1. The lowest BCUT2D eigenvalue weighted by atomic mass is 10.2. The van der Waals surface area contributed by atoms with Crippen molar-refractivity contribution in [1.82, 2.24) is 23.2 Å². The first kappa shape index (κ1) is 21.1. The lowest BCUT2D eigenvalue weighted by molar-refractivity contribution is -0.274. The van der Waals surface area contributed by atoms with Crippen molar-refractivity contribution in [2.45, 2.75) is 18.1 Å². The molecule has 0 saturated carbocycles. The summed E-state index contributed by atoms with van der Waals surface area (Å²) in [5.74, 6) is -0.515. The monoisotopic (exact) mass is 429 g/mol. The Morgan fingerprint density at radius 1 is 1.22 bits per heavy atom. The minimum absolute atomic E-state index is 0.167. The van der Waals surface area contributed by atoms with Gasteiger partial charge in [0, 0.05) is 20.6 Å². The zero-order valence-corrected chi connectivity index (χ0v) is 15.5. The van der Waals surface area contributed by atoms with E-state index in [2.05, 4.69) is 19.5 Å². The highest BCUT2D eigenvalue weighted by Gasteiger charge is 2.31. The van der Waals surface area contributed by atoms with E-state index >= 15 is 0 Å². The molecule has 0 unspecified atom stereocenters. The molecule has 0 aliphatic heterocycles. The van der Waals surface area contributed by atoms with Crippen molar-refractivity contribution in [3.8, 4) is 5.75 Å². The lowest BCUT2D eigenvalue weighted by Crippen LogP contribution is -2.30. The van der Waals surface area contributed by atoms with E-state index in [4.69, 9.17) is 0 Å². The summed E-state index contributed by atoms with van der Waals surface area (Å²) >= 11 is 0. The maximum Gasteiger partial charge on any atom is 0.573 e. The molecule has 0 spiro atoms. The van der Waals surface area contributed by atoms with Crippen LogP contribution in [0.4, 0.5) is 13.2 Å². The number of rotatable bonds is 7. The molecule has 27 heavy (non-hydrogen) atoms. The summed E-state index contributed by atoms with van der Waals surface area (Å²) in [6.45, 7) is -0.396. The predicted octanol–water partition coefficient (Wildman–Crippen LogP) is 0.310. The Labute approximate surface area is 152 Å². The molecule has 2 rings (SSSR count). The van der Waals surface area contributed by atoms with E-state index < -0.39 is 44.0 Å². The minimum atomic E-state index is -4.88. The number of benzene rings is 1. The van der Waals surface area contributed by atoms with Gasteiger partial charge in [-0.05, 0) is 17.7 Å². The molecule has 1 aromatic heterocycles. The van der Waals surface area contributed by atoms with Gasteiger partial charge in [0.05, 0.1) is 0 Å². The van der Waals surface area contributed by atoms with Gasteiger partial charge in [-0.15, -0.1) is 22.4 Å². The molecule has 1 N–H and O–H groups in total. The van der Waals surface area contributed by atoms with Crippen molar-refractivity contribution in [3.05, 3.63) is 36.2 Å². The molecule has 1 aromatic carbocycles. The Balaban J connectivity index is 2.14. The normalized spacial score (nSPS) is 13.1. The molecule has 0 fully saturated rings. The number of hydrogen-bond donors (Lipinski definition) is 1. The van der Waals surface area contributed by atoms with Crippen LogP contribution in [0.2, 0.25) is 0 Å². The summed E-state index contributed by atoms with van der Waals surface area (Å²) in [7, 11) is -5.91. The van der Waals surface area contributed by atoms with Gasteiger partial charge in [0.25, 0.3) is 15.2 Å². The molecule has 0 radical (unpaired) electrons. The largest absolute Gasteiger partial charge is 0.573 e. The van der Waals surface area contributed by atoms with Crippen LogP contribution in [0.15, 0.2) is 35.7 Å². The fraction of sp³-hybridized carbons (Fsp3) is 0.333. The number of aromatic nitrogens is 3. The molecule has 0 atom stereocenters. The maximum absolute atomic E-state index is 12.2. The van der Waals surface area contributed by atoms with Gasteiger partial charge in [-0.25, -0.2) is 18.1 Å². The molecule has 0 amide bonds. The third-order valence-corrected chi connectivity index (χ3v) is 5.75. The molecular weight excluding hydrogens is 415 g/mol. The number of halogens is 3. The van der Waals surface area contributed by atoms with Crippen LogP contribution in [0.25, 0.3) is 0 Å². The van der Waals surface area contributed by atoms with E-state index in [-0.39, 0.29) is 5.56 Å². The van der Waals surface area contributed by atoms with Gasteiger partial charge in [-0.3, -0.25) is 0 Å². The van der Waals surface area contributed by atoms with Crippen molar-refractivity contribution in [1.29, 1.82) is 0 Å². The molecule has 2 aromatic rings. The van der Waals surface area contributed by atoms with Crippen LogP contribution < -0.4 is 9.46 Å². The molecule has 0 saturated heterocycles. The van der Waals surface area contributed by atoms with Crippen molar-refractivity contribution in [2.24, 2.45) is 0 Å². The average Bonchev–Trinajstić information content (AvgIpc) is 3.03. The number of ether oxygens (including phenoxy) is 1. The Kier molecular flexibility index (Phi) is 5.79. The summed E-state index contributed by atoms with van der Waals surface area (Å²) < 4.78 is 91.7. The molecule has 0 aliphatic rings. The summed E-state index contributed by atoms with van der Waals surface area (Å²) in [6.07, 6.45) is -4.17. The fourth-order valence-electron chi connectivity index (χ4n) is 1.73. The highest BCUT2D eigenvalue weighted by Crippen LogP contribution is 2.23. The lowest BCUT2D eigenvalue weighted by Gasteiger charge is -2.10. The summed E-state index contributed by atoms with van der Waals surface area (Å²) in [6, 6.07) is 4.68. The molecule has 15 heteroatoms. The van der Waals surface area contributed by atoms with E-state index in [0.29, 0.717) is 10.4 Å². The molecule has 150 valence electrons. The number of alkyl halides is 3. The summed E-state index contributed by atoms with van der Waals surface area (Å²) in [4.78, 5) is 3.44. The first-order valence-electron chi connectivity index (χ1n) is 7.00.